The highest BCUT2D eigenvalue weighted by atomic mass is 35.5. The van der Waals surface area contributed by atoms with Gasteiger partial charge in [-0.05, 0) is 31.0 Å². The third-order valence-electron chi connectivity index (χ3n) is 2.80. The van der Waals surface area contributed by atoms with E-state index in [9.17, 15) is 4.79 Å². The summed E-state index contributed by atoms with van der Waals surface area (Å²) in [7, 11) is 0. The zero-order chi connectivity index (χ0) is 13.1. The van der Waals surface area contributed by atoms with E-state index in [2.05, 4.69) is 5.10 Å². The molecule has 0 saturated heterocycles. The number of halogens is 1. The summed E-state index contributed by atoms with van der Waals surface area (Å²) in [6, 6.07) is 7.42. The van der Waals surface area contributed by atoms with Gasteiger partial charge in [0.1, 0.15) is 0 Å². The van der Waals surface area contributed by atoms with Crippen LogP contribution in [0.5, 0.6) is 0 Å². The molecule has 0 aliphatic carbocycles. The number of carboxylic acids is 1. The predicted octanol–water partition coefficient (Wildman–Crippen LogP) is 2.85. The molecule has 0 atom stereocenters. The van der Waals surface area contributed by atoms with Gasteiger partial charge in [0.2, 0.25) is 0 Å². The molecule has 1 heterocycles. The lowest BCUT2D eigenvalue weighted by Gasteiger charge is -2.07. The van der Waals surface area contributed by atoms with Crippen LogP contribution in [0.3, 0.4) is 0 Å². The molecule has 1 aromatic heterocycles. The lowest BCUT2D eigenvalue weighted by molar-refractivity contribution is -0.136. The molecule has 2 aromatic rings. The van der Waals surface area contributed by atoms with Gasteiger partial charge < -0.3 is 5.11 Å². The van der Waals surface area contributed by atoms with Crippen molar-refractivity contribution in [3.63, 3.8) is 0 Å². The van der Waals surface area contributed by atoms with Crippen molar-refractivity contribution in [3.05, 3.63) is 46.7 Å². The summed E-state index contributed by atoms with van der Waals surface area (Å²) in [5, 5.41) is 13.6. The van der Waals surface area contributed by atoms with Crippen molar-refractivity contribution in [1.29, 1.82) is 0 Å². The minimum Gasteiger partial charge on any atom is -0.481 e. The van der Waals surface area contributed by atoms with Gasteiger partial charge in [-0.2, -0.15) is 5.10 Å². The summed E-state index contributed by atoms with van der Waals surface area (Å²) in [4.78, 5) is 10.6. The number of nitrogens with zero attached hydrogens (tertiary/aromatic N) is 2. The van der Waals surface area contributed by atoms with Gasteiger partial charge in [-0.3, -0.25) is 4.79 Å². The molecule has 0 saturated carbocycles. The number of benzene rings is 1. The van der Waals surface area contributed by atoms with Crippen molar-refractivity contribution in [3.8, 4) is 5.69 Å². The summed E-state index contributed by atoms with van der Waals surface area (Å²) < 4.78 is 1.74. The highest BCUT2D eigenvalue weighted by Crippen LogP contribution is 2.22. The number of aliphatic carboxylic acids is 1. The van der Waals surface area contributed by atoms with Crippen molar-refractivity contribution in [2.75, 3.05) is 0 Å². The number of carboxylic acid groups (broad SMARTS) is 1. The second kappa shape index (κ2) is 5.23. The number of aromatic nitrogens is 2. The lowest BCUT2D eigenvalue weighted by atomic mass is 10.1. The molecular weight excluding hydrogens is 252 g/mol. The molecule has 94 valence electrons. The average molecular weight is 265 g/mol. The van der Waals surface area contributed by atoms with Crippen LogP contribution in [0.25, 0.3) is 5.69 Å². The molecule has 0 aliphatic heterocycles. The highest BCUT2D eigenvalue weighted by molar-refractivity contribution is 6.32. The first-order valence-electron chi connectivity index (χ1n) is 5.60. The van der Waals surface area contributed by atoms with Crippen LogP contribution in [-0.2, 0) is 11.2 Å². The maximum absolute atomic E-state index is 10.6. The molecule has 0 unspecified atom stereocenters. The molecule has 0 fully saturated rings. The number of para-hydroxylation sites is 1. The molecule has 0 bridgehead atoms. The maximum Gasteiger partial charge on any atom is 0.303 e. The Morgan fingerprint density at radius 3 is 2.83 bits per heavy atom. The molecule has 2 rings (SSSR count). The second-order valence-corrected chi connectivity index (χ2v) is 4.42. The van der Waals surface area contributed by atoms with Gasteiger partial charge in [0.25, 0.3) is 0 Å². The molecular formula is C13H13ClN2O2. The summed E-state index contributed by atoms with van der Waals surface area (Å²) in [6.07, 6.45) is 2.28. The van der Waals surface area contributed by atoms with Gasteiger partial charge in [-0.1, -0.05) is 23.7 Å². The first-order chi connectivity index (χ1) is 8.59. The number of aryl methyl sites for hydroxylation is 1. The van der Waals surface area contributed by atoms with E-state index in [1.807, 2.05) is 25.1 Å². The number of hydrogen-bond acceptors (Lipinski definition) is 2. The minimum absolute atomic E-state index is 0.106. The van der Waals surface area contributed by atoms with E-state index in [1.165, 1.54) is 0 Å². The van der Waals surface area contributed by atoms with E-state index in [0.717, 1.165) is 16.9 Å². The molecule has 4 nitrogen and oxygen atoms in total. The third kappa shape index (κ3) is 2.54. The molecule has 1 aromatic carbocycles. The fourth-order valence-electron chi connectivity index (χ4n) is 1.80. The van der Waals surface area contributed by atoms with Crippen LogP contribution in [-0.4, -0.2) is 20.9 Å². The Hall–Kier alpha value is -1.81. The summed E-state index contributed by atoms with van der Waals surface area (Å²) in [5.41, 5.74) is 2.65. The van der Waals surface area contributed by atoms with E-state index in [-0.39, 0.29) is 6.42 Å². The van der Waals surface area contributed by atoms with Crippen molar-refractivity contribution in [2.24, 2.45) is 0 Å². The van der Waals surface area contributed by atoms with Gasteiger partial charge >= 0.3 is 5.97 Å². The highest BCUT2D eigenvalue weighted by Gasteiger charge is 2.11. The van der Waals surface area contributed by atoms with Gasteiger partial charge in [0.15, 0.2) is 0 Å². The Kier molecular flexibility index (Phi) is 3.67. The van der Waals surface area contributed by atoms with Crippen LogP contribution in [0.1, 0.15) is 17.7 Å². The van der Waals surface area contributed by atoms with Gasteiger partial charge in [-0.25, -0.2) is 4.68 Å². The Balaban J connectivity index is 2.31. The van der Waals surface area contributed by atoms with Crippen LogP contribution < -0.4 is 0 Å². The van der Waals surface area contributed by atoms with E-state index in [1.54, 1.807) is 16.9 Å². The summed E-state index contributed by atoms with van der Waals surface area (Å²) >= 11 is 6.11. The molecule has 0 aliphatic rings. The minimum atomic E-state index is -0.806. The molecule has 0 spiro atoms. The van der Waals surface area contributed by atoms with Crippen molar-refractivity contribution in [2.45, 2.75) is 19.8 Å². The van der Waals surface area contributed by atoms with Crippen LogP contribution in [0.4, 0.5) is 0 Å². The van der Waals surface area contributed by atoms with Crippen LogP contribution in [0.2, 0.25) is 5.02 Å². The Morgan fingerprint density at radius 1 is 1.44 bits per heavy atom. The average Bonchev–Trinajstić information content (AvgIpc) is 2.69. The predicted molar refractivity (Wildman–Crippen MR) is 69.3 cm³/mol. The SMILES string of the molecule is Cc1c(CCC(=O)O)cnn1-c1ccccc1Cl. The topological polar surface area (TPSA) is 55.1 Å². The largest absolute Gasteiger partial charge is 0.481 e. The van der Waals surface area contributed by atoms with E-state index in [0.29, 0.717) is 11.4 Å². The molecule has 5 heteroatoms. The Morgan fingerprint density at radius 2 is 2.17 bits per heavy atom. The van der Waals surface area contributed by atoms with Gasteiger partial charge in [0, 0.05) is 12.1 Å². The fraction of sp³-hybridized carbons (Fsp3) is 0.231. The Labute approximate surface area is 110 Å². The molecule has 18 heavy (non-hydrogen) atoms. The zero-order valence-corrected chi connectivity index (χ0v) is 10.7. The van der Waals surface area contributed by atoms with Crippen LogP contribution in [0.15, 0.2) is 30.5 Å². The zero-order valence-electron chi connectivity index (χ0n) is 9.93. The monoisotopic (exact) mass is 264 g/mol. The van der Waals surface area contributed by atoms with E-state index < -0.39 is 5.97 Å². The summed E-state index contributed by atoms with van der Waals surface area (Å²) in [5.74, 6) is -0.806. The standard InChI is InChI=1S/C13H13ClN2O2/c1-9-10(6-7-13(17)18)8-15-16(9)12-5-3-2-4-11(12)14/h2-5,8H,6-7H2,1H3,(H,17,18). The lowest BCUT2D eigenvalue weighted by Crippen LogP contribution is -2.01. The van der Waals surface area contributed by atoms with Crippen LogP contribution in [0, 0.1) is 6.92 Å². The number of carbonyl (C=O) groups is 1. The van der Waals surface area contributed by atoms with Crippen molar-refractivity contribution < 1.29 is 9.90 Å². The second-order valence-electron chi connectivity index (χ2n) is 4.01. The fourth-order valence-corrected chi connectivity index (χ4v) is 2.01. The van der Waals surface area contributed by atoms with Gasteiger partial charge in [-0.15, -0.1) is 0 Å². The Bertz CT molecular complexity index is 578. The quantitative estimate of drug-likeness (QED) is 0.924. The number of rotatable bonds is 4. The van der Waals surface area contributed by atoms with Crippen molar-refractivity contribution in [1.82, 2.24) is 9.78 Å². The van der Waals surface area contributed by atoms with E-state index >= 15 is 0 Å². The third-order valence-corrected chi connectivity index (χ3v) is 3.12. The molecule has 0 radical (unpaired) electrons. The maximum atomic E-state index is 10.6. The number of hydrogen-bond donors (Lipinski definition) is 1. The van der Waals surface area contributed by atoms with Gasteiger partial charge in [0.05, 0.1) is 16.9 Å². The van der Waals surface area contributed by atoms with Crippen molar-refractivity contribution >= 4 is 17.6 Å². The summed E-state index contributed by atoms with van der Waals surface area (Å²) in [6.45, 7) is 1.91. The first-order valence-corrected chi connectivity index (χ1v) is 5.97. The normalized spacial score (nSPS) is 10.6. The molecule has 0 amide bonds. The van der Waals surface area contributed by atoms with Crippen LogP contribution >= 0.6 is 11.6 Å². The molecule has 1 N–H and O–H groups in total. The first kappa shape index (κ1) is 12.6. The smallest absolute Gasteiger partial charge is 0.303 e. The van der Waals surface area contributed by atoms with E-state index in [4.69, 9.17) is 16.7 Å².